The van der Waals surface area contributed by atoms with Crippen molar-refractivity contribution < 1.29 is 9.26 Å². The van der Waals surface area contributed by atoms with Crippen molar-refractivity contribution in [3.8, 4) is 5.69 Å². The van der Waals surface area contributed by atoms with E-state index in [1.165, 1.54) is 24.1 Å². The van der Waals surface area contributed by atoms with Crippen molar-refractivity contribution in [1.82, 2.24) is 19.9 Å². The number of fused-ring (bicyclic) bond motifs is 4. The van der Waals surface area contributed by atoms with E-state index in [2.05, 4.69) is 26.0 Å². The van der Waals surface area contributed by atoms with Crippen LogP contribution in [-0.2, 0) is 30.8 Å². The van der Waals surface area contributed by atoms with Crippen molar-refractivity contribution in [3.63, 3.8) is 0 Å². The lowest BCUT2D eigenvalue weighted by Gasteiger charge is -2.28. The fourth-order valence-electron chi connectivity index (χ4n) is 5.44. The number of nitrogens with zero attached hydrogens (tertiary/aromatic N) is 4. The van der Waals surface area contributed by atoms with Crippen molar-refractivity contribution in [2.24, 2.45) is 0 Å². The molecule has 2 aromatic heterocycles. The molecule has 0 amide bonds. The van der Waals surface area contributed by atoms with Gasteiger partial charge in [-0.05, 0) is 69.6 Å². The Bertz CT molecular complexity index is 1080. The molecular formula is C23H25ClN4O2. The molecule has 0 unspecified atom stereocenters. The van der Waals surface area contributed by atoms with Crippen LogP contribution in [0.4, 0.5) is 0 Å². The van der Waals surface area contributed by atoms with E-state index >= 15 is 0 Å². The Kier molecular flexibility index (Phi) is 4.65. The van der Waals surface area contributed by atoms with Crippen molar-refractivity contribution >= 4 is 11.6 Å². The lowest BCUT2D eigenvalue weighted by molar-refractivity contribution is 0.105. The zero-order chi connectivity index (χ0) is 20.1. The minimum atomic E-state index is 0.392. The molecule has 3 aliphatic rings. The molecule has 7 heteroatoms. The van der Waals surface area contributed by atoms with Gasteiger partial charge in [0.05, 0.1) is 18.0 Å². The molecule has 2 aliphatic carbocycles. The Labute approximate surface area is 180 Å². The summed E-state index contributed by atoms with van der Waals surface area (Å²) in [5, 5.41) is 14.2. The van der Waals surface area contributed by atoms with Crippen LogP contribution in [0.2, 0.25) is 5.02 Å². The van der Waals surface area contributed by atoms with Crippen LogP contribution in [-0.4, -0.2) is 19.9 Å². The summed E-state index contributed by atoms with van der Waals surface area (Å²) in [4.78, 5) is 0. The summed E-state index contributed by atoms with van der Waals surface area (Å²) < 4.78 is 13.9. The smallest absolute Gasteiger partial charge is 0.163 e. The van der Waals surface area contributed by atoms with Gasteiger partial charge >= 0.3 is 0 Å². The van der Waals surface area contributed by atoms with Gasteiger partial charge in [0.2, 0.25) is 0 Å². The first-order valence-corrected chi connectivity index (χ1v) is 11.4. The van der Waals surface area contributed by atoms with E-state index in [0.717, 1.165) is 72.2 Å². The largest absolute Gasteiger partial charge is 0.369 e. The third-order valence-corrected chi connectivity index (χ3v) is 7.21. The molecular weight excluding hydrogens is 400 g/mol. The number of aromatic nitrogens is 4. The van der Waals surface area contributed by atoms with E-state index in [1.807, 2.05) is 12.1 Å². The van der Waals surface area contributed by atoms with E-state index in [-0.39, 0.29) is 0 Å². The highest BCUT2D eigenvalue weighted by atomic mass is 35.5. The summed E-state index contributed by atoms with van der Waals surface area (Å²) in [6.07, 6.45) is 9.09. The Hall–Kier alpha value is -2.18. The van der Waals surface area contributed by atoms with Crippen LogP contribution in [0, 0.1) is 0 Å². The van der Waals surface area contributed by atoms with Crippen LogP contribution < -0.4 is 0 Å². The quantitative estimate of drug-likeness (QED) is 0.561. The maximum atomic E-state index is 6.22. The Morgan fingerprint density at radius 3 is 2.70 bits per heavy atom. The maximum absolute atomic E-state index is 6.22. The molecule has 1 aromatic carbocycles. The highest BCUT2D eigenvalue weighted by Crippen LogP contribution is 2.43. The predicted molar refractivity (Wildman–Crippen MR) is 112 cm³/mol. The number of hydrogen-bond donors (Lipinski definition) is 0. The molecule has 0 spiro atoms. The second-order valence-corrected chi connectivity index (χ2v) is 9.24. The SMILES string of the molecule is Clc1ccc2c(c1)COCc1nnc(C3CCC(c4onc5c4CCCC5)CC3)n1-2. The molecule has 0 atom stereocenters. The van der Waals surface area contributed by atoms with Gasteiger partial charge < -0.3 is 9.26 Å². The normalized spacial score (nSPS) is 23.4. The predicted octanol–water partition coefficient (Wildman–Crippen LogP) is 5.26. The Morgan fingerprint density at radius 2 is 1.80 bits per heavy atom. The molecule has 6 rings (SSSR count). The lowest BCUT2D eigenvalue weighted by Crippen LogP contribution is -2.17. The Morgan fingerprint density at radius 1 is 0.967 bits per heavy atom. The number of hydrogen-bond acceptors (Lipinski definition) is 5. The first-order valence-electron chi connectivity index (χ1n) is 11.1. The van der Waals surface area contributed by atoms with Gasteiger partial charge in [0, 0.05) is 28.0 Å². The number of halogens is 1. The van der Waals surface area contributed by atoms with Gasteiger partial charge in [0.15, 0.2) is 5.82 Å². The fourth-order valence-corrected chi connectivity index (χ4v) is 5.64. The molecule has 3 heterocycles. The lowest BCUT2D eigenvalue weighted by atomic mass is 9.78. The summed E-state index contributed by atoms with van der Waals surface area (Å²) in [6, 6.07) is 5.98. The second kappa shape index (κ2) is 7.50. The molecule has 156 valence electrons. The van der Waals surface area contributed by atoms with Gasteiger partial charge in [-0.1, -0.05) is 16.8 Å². The Balaban J connectivity index is 1.27. The molecule has 1 saturated carbocycles. The molecule has 0 bridgehead atoms. The van der Waals surface area contributed by atoms with Crippen molar-refractivity contribution in [1.29, 1.82) is 0 Å². The molecule has 0 N–H and O–H groups in total. The topological polar surface area (TPSA) is 66.0 Å². The molecule has 30 heavy (non-hydrogen) atoms. The van der Waals surface area contributed by atoms with E-state index < -0.39 is 0 Å². The monoisotopic (exact) mass is 424 g/mol. The van der Waals surface area contributed by atoms with Gasteiger partial charge in [-0.25, -0.2) is 0 Å². The zero-order valence-electron chi connectivity index (χ0n) is 16.9. The first kappa shape index (κ1) is 18.6. The average molecular weight is 425 g/mol. The average Bonchev–Trinajstić information content (AvgIpc) is 3.34. The van der Waals surface area contributed by atoms with Crippen LogP contribution >= 0.6 is 11.6 Å². The standard InChI is InChI=1S/C23H25ClN4O2/c24-17-9-10-20-16(11-17)12-29-13-21-25-26-23(28(20)21)15-7-5-14(6-8-15)22-18-3-1-2-4-19(18)27-30-22/h9-11,14-15H,1-8,12-13H2. The number of rotatable bonds is 2. The molecule has 0 saturated heterocycles. The van der Waals surface area contributed by atoms with Gasteiger partial charge in [-0.15, -0.1) is 10.2 Å². The third-order valence-electron chi connectivity index (χ3n) is 6.98. The number of ether oxygens (including phenoxy) is 1. The third kappa shape index (κ3) is 3.08. The highest BCUT2D eigenvalue weighted by molar-refractivity contribution is 6.30. The van der Waals surface area contributed by atoms with Crippen LogP contribution in [0.1, 0.15) is 84.6 Å². The second-order valence-electron chi connectivity index (χ2n) is 8.80. The van der Waals surface area contributed by atoms with Crippen molar-refractivity contribution in [2.75, 3.05) is 0 Å². The zero-order valence-corrected chi connectivity index (χ0v) is 17.7. The van der Waals surface area contributed by atoms with E-state index in [4.69, 9.17) is 20.9 Å². The molecule has 1 fully saturated rings. The minimum absolute atomic E-state index is 0.392. The van der Waals surface area contributed by atoms with Crippen molar-refractivity contribution in [3.05, 3.63) is 57.5 Å². The summed E-state index contributed by atoms with van der Waals surface area (Å²) in [5.41, 5.74) is 4.79. The summed E-state index contributed by atoms with van der Waals surface area (Å²) in [5.74, 6) is 3.96. The number of aryl methyl sites for hydroxylation is 1. The van der Waals surface area contributed by atoms with Gasteiger partial charge in [-0.3, -0.25) is 4.57 Å². The van der Waals surface area contributed by atoms with Gasteiger partial charge in [0.25, 0.3) is 0 Å². The van der Waals surface area contributed by atoms with Crippen LogP contribution in [0.5, 0.6) is 0 Å². The molecule has 3 aromatic rings. The fraction of sp³-hybridized carbons (Fsp3) is 0.522. The first-order chi connectivity index (χ1) is 14.8. The molecule has 6 nitrogen and oxygen atoms in total. The van der Waals surface area contributed by atoms with E-state index in [0.29, 0.717) is 25.0 Å². The van der Waals surface area contributed by atoms with Crippen LogP contribution in [0.15, 0.2) is 22.7 Å². The van der Waals surface area contributed by atoms with Crippen molar-refractivity contribution in [2.45, 2.75) is 76.4 Å². The minimum Gasteiger partial charge on any atom is -0.369 e. The van der Waals surface area contributed by atoms with Gasteiger partial charge in [-0.2, -0.15) is 0 Å². The van der Waals surface area contributed by atoms with Crippen LogP contribution in [0.25, 0.3) is 5.69 Å². The highest BCUT2D eigenvalue weighted by Gasteiger charge is 2.33. The summed E-state index contributed by atoms with van der Waals surface area (Å²) >= 11 is 6.22. The molecule has 1 aliphatic heterocycles. The summed E-state index contributed by atoms with van der Waals surface area (Å²) in [7, 11) is 0. The van der Waals surface area contributed by atoms with E-state index in [9.17, 15) is 0 Å². The van der Waals surface area contributed by atoms with Gasteiger partial charge in [0.1, 0.15) is 18.2 Å². The summed E-state index contributed by atoms with van der Waals surface area (Å²) in [6.45, 7) is 1.01. The number of benzene rings is 1. The molecule has 0 radical (unpaired) electrons. The van der Waals surface area contributed by atoms with Crippen LogP contribution in [0.3, 0.4) is 0 Å². The maximum Gasteiger partial charge on any atom is 0.163 e. The van der Waals surface area contributed by atoms with E-state index in [1.54, 1.807) is 0 Å².